The number of carbonyl (C=O) groups is 1. The summed E-state index contributed by atoms with van der Waals surface area (Å²) in [6.07, 6.45) is 0. The standard InChI is InChI=1S/C23H22ClNO2/c1-16-14-21(24)12-13-22(16)27-15-23(26)25-17(2)18-8-10-20(11-9-18)19-6-4-3-5-7-19/h3-14,17H,15H2,1-2H3,(H,25,26)/t17-/m1/s1. The van der Waals surface area contributed by atoms with Gasteiger partial charge in [0, 0.05) is 5.02 Å². The van der Waals surface area contributed by atoms with Crippen molar-refractivity contribution in [2.24, 2.45) is 0 Å². The first-order valence-corrected chi connectivity index (χ1v) is 9.24. The summed E-state index contributed by atoms with van der Waals surface area (Å²) < 4.78 is 5.60. The van der Waals surface area contributed by atoms with Crippen LogP contribution in [0.1, 0.15) is 24.1 Å². The van der Waals surface area contributed by atoms with Crippen molar-refractivity contribution in [1.82, 2.24) is 5.32 Å². The van der Waals surface area contributed by atoms with E-state index in [1.165, 1.54) is 5.56 Å². The van der Waals surface area contributed by atoms with Crippen LogP contribution >= 0.6 is 11.6 Å². The Kier molecular flexibility index (Phi) is 6.15. The molecule has 0 radical (unpaired) electrons. The Hall–Kier alpha value is -2.78. The number of ether oxygens (including phenoxy) is 1. The second-order valence-electron chi connectivity index (χ2n) is 6.48. The minimum absolute atomic E-state index is 0.0328. The Balaban J connectivity index is 1.56. The number of rotatable bonds is 6. The van der Waals surface area contributed by atoms with Gasteiger partial charge in [0.25, 0.3) is 5.91 Å². The van der Waals surface area contributed by atoms with Gasteiger partial charge in [0.15, 0.2) is 6.61 Å². The minimum Gasteiger partial charge on any atom is -0.484 e. The summed E-state index contributed by atoms with van der Waals surface area (Å²) in [4.78, 5) is 12.2. The van der Waals surface area contributed by atoms with Crippen molar-refractivity contribution in [3.05, 3.63) is 88.9 Å². The van der Waals surface area contributed by atoms with E-state index in [1.807, 2.05) is 50.2 Å². The molecule has 3 rings (SSSR count). The van der Waals surface area contributed by atoms with Crippen LogP contribution in [0.15, 0.2) is 72.8 Å². The van der Waals surface area contributed by atoms with Crippen LogP contribution in [0.5, 0.6) is 5.75 Å². The Labute approximate surface area is 164 Å². The average molecular weight is 380 g/mol. The van der Waals surface area contributed by atoms with Crippen LogP contribution in [0.2, 0.25) is 5.02 Å². The van der Waals surface area contributed by atoms with Gasteiger partial charge in [0.2, 0.25) is 0 Å². The van der Waals surface area contributed by atoms with E-state index in [0.717, 1.165) is 16.7 Å². The van der Waals surface area contributed by atoms with E-state index in [1.54, 1.807) is 12.1 Å². The SMILES string of the molecule is Cc1cc(Cl)ccc1OCC(=O)N[C@H](C)c1ccc(-c2ccccc2)cc1. The number of nitrogens with one attached hydrogen (secondary N) is 1. The molecule has 0 saturated heterocycles. The van der Waals surface area contributed by atoms with Gasteiger partial charge in [0.05, 0.1) is 6.04 Å². The number of hydrogen-bond donors (Lipinski definition) is 1. The van der Waals surface area contributed by atoms with Gasteiger partial charge < -0.3 is 10.1 Å². The minimum atomic E-state index is -0.163. The van der Waals surface area contributed by atoms with Gasteiger partial charge in [0.1, 0.15) is 5.75 Å². The third-order valence-electron chi connectivity index (χ3n) is 4.39. The van der Waals surface area contributed by atoms with Gasteiger partial charge in [-0.1, -0.05) is 66.2 Å². The summed E-state index contributed by atoms with van der Waals surface area (Å²) in [6.45, 7) is 3.83. The number of hydrogen-bond acceptors (Lipinski definition) is 2. The molecule has 0 aliphatic heterocycles. The largest absolute Gasteiger partial charge is 0.484 e. The van der Waals surface area contributed by atoms with Crippen molar-refractivity contribution in [1.29, 1.82) is 0 Å². The topological polar surface area (TPSA) is 38.3 Å². The number of benzene rings is 3. The van der Waals surface area contributed by atoms with E-state index in [9.17, 15) is 4.79 Å². The number of amides is 1. The predicted molar refractivity (Wildman–Crippen MR) is 110 cm³/mol. The van der Waals surface area contributed by atoms with Crippen molar-refractivity contribution in [2.45, 2.75) is 19.9 Å². The zero-order valence-corrected chi connectivity index (χ0v) is 16.2. The van der Waals surface area contributed by atoms with Gasteiger partial charge in [-0.25, -0.2) is 0 Å². The molecule has 27 heavy (non-hydrogen) atoms. The molecular formula is C23H22ClNO2. The third kappa shape index (κ3) is 5.11. The lowest BCUT2D eigenvalue weighted by Crippen LogP contribution is -2.31. The number of aryl methyl sites for hydroxylation is 1. The lowest BCUT2D eigenvalue weighted by molar-refractivity contribution is -0.123. The quantitative estimate of drug-likeness (QED) is 0.607. The maximum atomic E-state index is 12.2. The molecule has 3 nitrogen and oxygen atoms in total. The summed E-state index contributed by atoms with van der Waals surface area (Å²) in [5.41, 5.74) is 4.28. The lowest BCUT2D eigenvalue weighted by Gasteiger charge is -2.16. The summed E-state index contributed by atoms with van der Waals surface area (Å²) in [6, 6.07) is 23.7. The third-order valence-corrected chi connectivity index (χ3v) is 4.63. The van der Waals surface area contributed by atoms with Crippen molar-refractivity contribution < 1.29 is 9.53 Å². The monoisotopic (exact) mass is 379 g/mol. The zero-order chi connectivity index (χ0) is 19.2. The molecule has 0 aromatic heterocycles. The fraction of sp³-hybridized carbons (Fsp3) is 0.174. The second kappa shape index (κ2) is 8.74. The molecule has 138 valence electrons. The van der Waals surface area contributed by atoms with Crippen LogP contribution in [0, 0.1) is 6.92 Å². The van der Waals surface area contributed by atoms with E-state index in [-0.39, 0.29) is 18.6 Å². The molecule has 1 amide bonds. The van der Waals surface area contributed by atoms with Crippen LogP contribution in [-0.4, -0.2) is 12.5 Å². The summed E-state index contributed by atoms with van der Waals surface area (Å²) in [5, 5.41) is 3.62. The molecule has 1 N–H and O–H groups in total. The molecule has 0 bridgehead atoms. The zero-order valence-electron chi connectivity index (χ0n) is 15.4. The highest BCUT2D eigenvalue weighted by Crippen LogP contribution is 2.23. The molecule has 3 aromatic rings. The second-order valence-corrected chi connectivity index (χ2v) is 6.91. The van der Waals surface area contributed by atoms with Gasteiger partial charge >= 0.3 is 0 Å². The fourth-order valence-electron chi connectivity index (χ4n) is 2.88. The maximum absolute atomic E-state index is 12.2. The van der Waals surface area contributed by atoms with Crippen molar-refractivity contribution in [2.75, 3.05) is 6.61 Å². The Morgan fingerprint density at radius 1 is 1.00 bits per heavy atom. The molecule has 0 heterocycles. The van der Waals surface area contributed by atoms with Crippen LogP contribution in [-0.2, 0) is 4.79 Å². The molecule has 0 spiro atoms. The normalized spacial score (nSPS) is 11.7. The highest BCUT2D eigenvalue weighted by Gasteiger charge is 2.11. The molecule has 0 unspecified atom stereocenters. The van der Waals surface area contributed by atoms with E-state index in [4.69, 9.17) is 16.3 Å². The molecule has 0 aliphatic rings. The number of halogens is 1. The highest BCUT2D eigenvalue weighted by atomic mass is 35.5. The molecule has 4 heteroatoms. The molecule has 3 aromatic carbocycles. The first-order valence-electron chi connectivity index (χ1n) is 8.86. The smallest absolute Gasteiger partial charge is 0.258 e. The van der Waals surface area contributed by atoms with Gasteiger partial charge in [-0.15, -0.1) is 0 Å². The van der Waals surface area contributed by atoms with Crippen molar-refractivity contribution >= 4 is 17.5 Å². The number of carbonyl (C=O) groups excluding carboxylic acids is 1. The first-order chi connectivity index (χ1) is 13.0. The van der Waals surface area contributed by atoms with E-state index >= 15 is 0 Å². The molecule has 1 atom stereocenters. The van der Waals surface area contributed by atoms with Crippen LogP contribution in [0.25, 0.3) is 11.1 Å². The van der Waals surface area contributed by atoms with Crippen LogP contribution < -0.4 is 10.1 Å². The Bertz CT molecular complexity index is 907. The highest BCUT2D eigenvalue weighted by molar-refractivity contribution is 6.30. The first kappa shape index (κ1) is 19.0. The molecule has 0 aliphatic carbocycles. The van der Waals surface area contributed by atoms with Gasteiger partial charge in [-0.2, -0.15) is 0 Å². The lowest BCUT2D eigenvalue weighted by atomic mass is 10.0. The van der Waals surface area contributed by atoms with E-state index < -0.39 is 0 Å². The molecule has 0 saturated carbocycles. The predicted octanol–water partition coefficient (Wildman–Crippen LogP) is 5.57. The fourth-order valence-corrected chi connectivity index (χ4v) is 3.11. The molecular weight excluding hydrogens is 358 g/mol. The summed E-state index contributed by atoms with van der Waals surface area (Å²) in [5.74, 6) is 0.499. The van der Waals surface area contributed by atoms with Crippen molar-refractivity contribution in [3.63, 3.8) is 0 Å². The van der Waals surface area contributed by atoms with Gasteiger partial charge in [-0.3, -0.25) is 4.79 Å². The maximum Gasteiger partial charge on any atom is 0.258 e. The van der Waals surface area contributed by atoms with Crippen molar-refractivity contribution in [3.8, 4) is 16.9 Å². The Morgan fingerprint density at radius 3 is 2.33 bits per heavy atom. The summed E-state index contributed by atoms with van der Waals surface area (Å²) in [7, 11) is 0. The van der Waals surface area contributed by atoms with E-state index in [2.05, 4.69) is 29.6 Å². The van der Waals surface area contributed by atoms with Crippen LogP contribution in [0.4, 0.5) is 0 Å². The van der Waals surface area contributed by atoms with Gasteiger partial charge in [-0.05, 0) is 54.3 Å². The average Bonchev–Trinajstić information content (AvgIpc) is 2.68. The molecule has 0 fully saturated rings. The summed E-state index contributed by atoms with van der Waals surface area (Å²) >= 11 is 5.93. The van der Waals surface area contributed by atoms with Crippen LogP contribution in [0.3, 0.4) is 0 Å². The van der Waals surface area contributed by atoms with E-state index in [0.29, 0.717) is 10.8 Å². The Morgan fingerprint density at radius 2 is 1.67 bits per heavy atom.